The number of ether oxygens (including phenoxy) is 1. The van der Waals surface area contributed by atoms with E-state index < -0.39 is 70.5 Å². The summed E-state index contributed by atoms with van der Waals surface area (Å²) in [4.78, 5) is 16.7. The summed E-state index contributed by atoms with van der Waals surface area (Å²) >= 11 is 0. The number of amides is 1. The number of alkyl halides is 5. The lowest BCUT2D eigenvalue weighted by molar-refractivity contribution is -0.265. The number of methoxy groups -OCH3 is 1. The van der Waals surface area contributed by atoms with Crippen molar-refractivity contribution in [3.63, 3.8) is 0 Å². The number of nitrogens with zero attached hydrogens (tertiary/aromatic N) is 3. The van der Waals surface area contributed by atoms with E-state index in [2.05, 4.69) is 15.2 Å². The lowest BCUT2D eigenvalue weighted by Gasteiger charge is -2.32. The van der Waals surface area contributed by atoms with Gasteiger partial charge in [-0.25, -0.2) is 22.5 Å². The van der Waals surface area contributed by atoms with Crippen LogP contribution >= 0.6 is 0 Å². The number of benzene rings is 2. The summed E-state index contributed by atoms with van der Waals surface area (Å²) in [5, 5.41) is 30.4. The molecule has 4 aromatic rings. The maximum atomic E-state index is 15.4. The number of halogens is 7. The van der Waals surface area contributed by atoms with Crippen LogP contribution in [0.1, 0.15) is 47.6 Å². The summed E-state index contributed by atoms with van der Waals surface area (Å²) < 4.78 is 104. The normalized spacial score (nSPS) is 13.7. The zero-order valence-electron chi connectivity index (χ0n) is 22.6. The number of rotatable bonds is 8. The van der Waals surface area contributed by atoms with Crippen LogP contribution in [-0.2, 0) is 11.2 Å². The Morgan fingerprint density at radius 3 is 2.21 bits per heavy atom. The standard InChI is InChI=1S/C28H23F7N4O4/c1-26(2,41)17-11-20(37-23(21(17)30)13-4-6-16(29)7-5-13)27(42,28(33,34)35)12-36-25(40)15-8-14-9-18(24(31)32)38-39-22(14)19(10-15)43-3/h4-11,24,41-42H,12H2,1-3H3,(H,36,40)/t27-/m0/s1. The average Bonchev–Trinajstić information content (AvgIpc) is 2.94. The minimum atomic E-state index is -5.51. The zero-order chi connectivity index (χ0) is 31.9. The Bertz CT molecular complexity index is 1680. The average molecular weight is 613 g/mol. The summed E-state index contributed by atoms with van der Waals surface area (Å²) in [6, 6.07) is 7.51. The fraction of sp³-hybridized carbons (Fsp3) is 0.286. The van der Waals surface area contributed by atoms with Crippen molar-refractivity contribution in [3.05, 3.63) is 82.7 Å². The first-order chi connectivity index (χ1) is 20.0. The largest absolute Gasteiger partial charge is 0.494 e. The van der Waals surface area contributed by atoms with Crippen molar-refractivity contribution < 1.29 is 50.5 Å². The molecule has 15 heteroatoms. The Labute approximate surface area is 239 Å². The van der Waals surface area contributed by atoms with E-state index in [-0.39, 0.29) is 27.8 Å². The molecule has 0 spiro atoms. The molecule has 2 aromatic heterocycles. The van der Waals surface area contributed by atoms with Gasteiger partial charge >= 0.3 is 6.18 Å². The molecule has 0 bridgehead atoms. The van der Waals surface area contributed by atoms with Gasteiger partial charge in [-0.2, -0.15) is 13.2 Å². The molecule has 43 heavy (non-hydrogen) atoms. The van der Waals surface area contributed by atoms with Crippen molar-refractivity contribution in [2.24, 2.45) is 0 Å². The van der Waals surface area contributed by atoms with Gasteiger partial charge in [-0.1, -0.05) is 0 Å². The number of hydrogen-bond donors (Lipinski definition) is 3. The maximum absolute atomic E-state index is 15.4. The summed E-state index contributed by atoms with van der Waals surface area (Å²) in [6.07, 6.45) is -8.51. The third-order valence-corrected chi connectivity index (χ3v) is 6.51. The van der Waals surface area contributed by atoms with Crippen LogP contribution in [0, 0.1) is 11.6 Å². The molecule has 0 aliphatic carbocycles. The molecule has 0 saturated heterocycles. The van der Waals surface area contributed by atoms with Gasteiger partial charge in [0.1, 0.15) is 28.5 Å². The predicted octanol–water partition coefficient (Wildman–Crippen LogP) is 5.32. The van der Waals surface area contributed by atoms with E-state index in [4.69, 9.17) is 4.74 Å². The van der Waals surface area contributed by atoms with E-state index in [0.29, 0.717) is 6.07 Å². The van der Waals surface area contributed by atoms with E-state index in [1.54, 1.807) is 0 Å². The van der Waals surface area contributed by atoms with Crippen molar-refractivity contribution in [1.29, 1.82) is 0 Å². The number of hydrogen-bond acceptors (Lipinski definition) is 7. The Hall–Kier alpha value is -4.37. The lowest BCUT2D eigenvalue weighted by atomic mass is 9.90. The summed E-state index contributed by atoms with van der Waals surface area (Å²) in [7, 11) is 1.18. The molecule has 0 aliphatic heterocycles. The molecule has 228 valence electrons. The van der Waals surface area contributed by atoms with Crippen LogP contribution in [0.3, 0.4) is 0 Å². The van der Waals surface area contributed by atoms with Crippen LogP contribution in [0.2, 0.25) is 0 Å². The van der Waals surface area contributed by atoms with Crippen LogP contribution < -0.4 is 10.1 Å². The molecule has 0 unspecified atom stereocenters. The molecule has 0 saturated carbocycles. The summed E-state index contributed by atoms with van der Waals surface area (Å²) in [6.45, 7) is 0.642. The number of aromatic nitrogens is 3. The van der Waals surface area contributed by atoms with Crippen LogP contribution in [0.15, 0.2) is 48.5 Å². The van der Waals surface area contributed by atoms with E-state index in [1.807, 2.05) is 5.32 Å². The highest BCUT2D eigenvalue weighted by Gasteiger charge is 2.57. The molecule has 4 rings (SSSR count). The fourth-order valence-corrected chi connectivity index (χ4v) is 4.17. The van der Waals surface area contributed by atoms with Crippen molar-refractivity contribution in [1.82, 2.24) is 20.5 Å². The van der Waals surface area contributed by atoms with Crippen LogP contribution in [0.25, 0.3) is 22.2 Å². The second kappa shape index (κ2) is 11.4. The number of nitrogens with one attached hydrogen (secondary N) is 1. The van der Waals surface area contributed by atoms with Gasteiger partial charge in [0.05, 0.1) is 24.9 Å². The van der Waals surface area contributed by atoms with E-state index in [0.717, 1.165) is 56.3 Å². The van der Waals surface area contributed by atoms with Gasteiger partial charge in [-0.3, -0.25) is 4.79 Å². The van der Waals surface area contributed by atoms with Crippen LogP contribution in [0.5, 0.6) is 5.75 Å². The van der Waals surface area contributed by atoms with Crippen molar-refractivity contribution in [2.75, 3.05) is 13.7 Å². The Balaban J connectivity index is 1.78. The van der Waals surface area contributed by atoms with E-state index in [1.165, 1.54) is 7.11 Å². The van der Waals surface area contributed by atoms with Crippen molar-refractivity contribution >= 4 is 16.8 Å². The van der Waals surface area contributed by atoms with Gasteiger partial charge < -0.3 is 20.3 Å². The van der Waals surface area contributed by atoms with Crippen LogP contribution in [-0.4, -0.2) is 51.1 Å². The minimum absolute atomic E-state index is 0.00164. The highest BCUT2D eigenvalue weighted by molar-refractivity contribution is 5.99. The van der Waals surface area contributed by atoms with Crippen molar-refractivity contribution in [3.8, 4) is 17.0 Å². The van der Waals surface area contributed by atoms with E-state index >= 15 is 4.39 Å². The first-order valence-electron chi connectivity index (χ1n) is 12.4. The number of aliphatic hydroxyl groups is 2. The quantitative estimate of drug-likeness (QED) is 0.231. The van der Waals surface area contributed by atoms with E-state index in [9.17, 15) is 41.4 Å². The van der Waals surface area contributed by atoms with Gasteiger partial charge in [0.15, 0.2) is 5.82 Å². The molecular formula is C28H23F7N4O4. The molecular weight excluding hydrogens is 589 g/mol. The third kappa shape index (κ3) is 6.22. The Morgan fingerprint density at radius 2 is 1.65 bits per heavy atom. The summed E-state index contributed by atoms with van der Waals surface area (Å²) in [5.41, 5.74) is -9.77. The molecule has 8 nitrogen and oxygen atoms in total. The number of pyridine rings is 1. The number of carbonyl (C=O) groups excluding carboxylic acids is 1. The van der Waals surface area contributed by atoms with Gasteiger partial charge in [0.2, 0.25) is 5.60 Å². The van der Waals surface area contributed by atoms with Gasteiger partial charge in [-0.05, 0) is 62.4 Å². The first-order valence-corrected chi connectivity index (χ1v) is 12.4. The van der Waals surface area contributed by atoms with Gasteiger partial charge in [0, 0.05) is 22.1 Å². The monoisotopic (exact) mass is 612 g/mol. The number of fused-ring (bicyclic) bond motifs is 1. The predicted molar refractivity (Wildman–Crippen MR) is 138 cm³/mol. The zero-order valence-corrected chi connectivity index (χ0v) is 22.6. The van der Waals surface area contributed by atoms with Crippen molar-refractivity contribution in [2.45, 2.75) is 37.7 Å². The minimum Gasteiger partial charge on any atom is -0.494 e. The SMILES string of the molecule is COc1cc(C(=O)NC[C@](O)(c2cc(C(C)(C)O)c(F)c(-c3ccc(F)cc3)n2)C(F)(F)F)cc2cc(C(F)F)nnc12. The van der Waals surface area contributed by atoms with Gasteiger partial charge in [0.25, 0.3) is 12.3 Å². The highest BCUT2D eigenvalue weighted by Crippen LogP contribution is 2.41. The second-order valence-electron chi connectivity index (χ2n) is 10.0. The highest BCUT2D eigenvalue weighted by atomic mass is 19.4. The Morgan fingerprint density at radius 1 is 1.00 bits per heavy atom. The smallest absolute Gasteiger partial charge is 0.424 e. The number of carbonyl (C=O) groups is 1. The summed E-state index contributed by atoms with van der Waals surface area (Å²) in [5.74, 6) is -3.21. The topological polar surface area (TPSA) is 117 Å². The van der Waals surface area contributed by atoms with Gasteiger partial charge in [-0.15, -0.1) is 10.2 Å². The third-order valence-electron chi connectivity index (χ3n) is 6.51. The molecule has 3 N–H and O–H groups in total. The fourth-order valence-electron chi connectivity index (χ4n) is 4.17. The molecule has 0 radical (unpaired) electrons. The molecule has 0 fully saturated rings. The molecule has 2 aromatic carbocycles. The maximum Gasteiger partial charge on any atom is 0.424 e. The molecule has 0 aliphatic rings. The Kier molecular flexibility index (Phi) is 8.35. The molecule has 2 heterocycles. The second-order valence-corrected chi connectivity index (χ2v) is 10.0. The molecule has 1 amide bonds. The van der Waals surface area contributed by atoms with Crippen LogP contribution in [0.4, 0.5) is 30.7 Å². The molecule has 1 atom stereocenters. The first kappa shape index (κ1) is 31.6. The lowest BCUT2D eigenvalue weighted by Crippen LogP contribution is -2.51.